The molecule has 1 aromatic rings. The number of alkyl halides is 3. The summed E-state index contributed by atoms with van der Waals surface area (Å²) >= 11 is -0.553. The van der Waals surface area contributed by atoms with Crippen LogP contribution in [0.15, 0.2) is 28.0 Å². The average Bonchev–Trinajstić information content (AvgIpc) is 2.50. The van der Waals surface area contributed by atoms with Crippen LogP contribution in [0.4, 0.5) is 13.2 Å². The summed E-state index contributed by atoms with van der Waals surface area (Å²) < 4.78 is 91.2. The Morgan fingerprint density at radius 1 is 1.22 bits per heavy atom. The van der Waals surface area contributed by atoms with Gasteiger partial charge in [0.2, 0.25) is 0 Å². The number of hydrogen-bond donors (Lipinski definition) is 0. The quantitative estimate of drug-likeness (QED) is 0.276. The molecule has 0 heterocycles. The van der Waals surface area contributed by atoms with E-state index < -0.39 is 57.2 Å². The zero-order valence-electron chi connectivity index (χ0n) is 15.3. The van der Waals surface area contributed by atoms with Crippen molar-refractivity contribution in [2.24, 2.45) is 0 Å². The van der Waals surface area contributed by atoms with Gasteiger partial charge in [0.1, 0.15) is 4.90 Å². The molecule has 0 amide bonds. The Hall–Kier alpha value is -0.580. The van der Waals surface area contributed by atoms with Crippen molar-refractivity contribution < 1.29 is 39.4 Å². The minimum Gasteiger partial charge on any atom is -0.307 e. The van der Waals surface area contributed by atoms with E-state index in [9.17, 15) is 26.2 Å². The highest BCUT2D eigenvalue weighted by Gasteiger charge is 2.36. The summed E-state index contributed by atoms with van der Waals surface area (Å²) in [4.78, 5) is -1.11. The number of benzene rings is 1. The van der Waals surface area contributed by atoms with Crippen LogP contribution in [0.1, 0.15) is 33.3 Å². The fourth-order valence-corrected chi connectivity index (χ4v) is 6.46. The maximum Gasteiger partial charge on any atom is 0.446 e. The van der Waals surface area contributed by atoms with E-state index in [2.05, 4.69) is 0 Å². The molecule has 156 valence electrons. The maximum absolute atomic E-state index is 12.8. The molecule has 0 saturated carbocycles. The van der Waals surface area contributed by atoms with Crippen molar-refractivity contribution in [3.63, 3.8) is 0 Å². The Labute approximate surface area is 161 Å². The summed E-state index contributed by atoms with van der Waals surface area (Å²) in [6.45, 7) is 6.27. The Morgan fingerprint density at radius 2 is 1.85 bits per heavy atom. The second-order valence-electron chi connectivity index (χ2n) is 5.53. The molecule has 0 aromatic heterocycles. The molecular formula is C15H22F3O6PS2. The smallest absolute Gasteiger partial charge is 0.307 e. The third-order valence-electron chi connectivity index (χ3n) is 2.98. The molecule has 0 N–H and O–H groups in total. The monoisotopic (exact) mass is 450 g/mol. The molecule has 12 heteroatoms. The number of rotatable bonds is 10. The molecule has 0 saturated heterocycles. The molecule has 1 rings (SSSR count). The van der Waals surface area contributed by atoms with E-state index in [-0.39, 0.29) is 18.6 Å². The van der Waals surface area contributed by atoms with Crippen molar-refractivity contribution in [3.05, 3.63) is 23.8 Å². The first-order valence-corrected chi connectivity index (χ1v) is 12.0. The third-order valence-corrected chi connectivity index (χ3v) is 7.33. The first kappa shape index (κ1) is 24.5. The Morgan fingerprint density at radius 3 is 2.33 bits per heavy atom. The van der Waals surface area contributed by atoms with Gasteiger partial charge in [-0.15, -0.1) is 0 Å². The molecule has 1 atom stereocenters. The molecule has 0 bridgehead atoms. The van der Waals surface area contributed by atoms with E-state index in [1.807, 2.05) is 0 Å². The lowest BCUT2D eigenvalue weighted by Crippen LogP contribution is -2.15. The molecule has 0 aliphatic rings. The predicted octanol–water partition coefficient (Wildman–Crippen LogP) is 5.18. The van der Waals surface area contributed by atoms with Gasteiger partial charge in [-0.2, -0.15) is 21.6 Å². The second kappa shape index (κ2) is 9.76. The summed E-state index contributed by atoms with van der Waals surface area (Å²) in [6.07, 6.45) is -1.31. The van der Waals surface area contributed by atoms with Crippen LogP contribution < -0.4 is 0 Å². The van der Waals surface area contributed by atoms with Crippen molar-refractivity contribution in [2.75, 3.05) is 13.0 Å². The lowest BCUT2D eigenvalue weighted by atomic mass is 10.2. The van der Waals surface area contributed by atoms with E-state index in [0.29, 0.717) is 0 Å². The summed E-state index contributed by atoms with van der Waals surface area (Å²) in [5.74, 6) is 0. The fraction of sp³-hybridized carbons (Fsp3) is 0.600. The van der Waals surface area contributed by atoms with Gasteiger partial charge in [-0.05, 0) is 50.6 Å². The minimum atomic E-state index is -4.68. The zero-order chi connectivity index (χ0) is 20.9. The molecule has 6 nitrogen and oxygen atoms in total. The molecule has 1 unspecified atom stereocenters. The highest BCUT2D eigenvalue weighted by atomic mass is 32.2. The van der Waals surface area contributed by atoms with Crippen molar-refractivity contribution in [3.8, 4) is 0 Å². The number of halogens is 3. The molecule has 0 aliphatic heterocycles. The van der Waals surface area contributed by atoms with E-state index in [4.69, 9.17) is 13.2 Å². The number of hydrogen-bond acceptors (Lipinski definition) is 7. The summed E-state index contributed by atoms with van der Waals surface area (Å²) in [5, 5.41) is 0. The highest BCUT2D eigenvalue weighted by molar-refractivity contribution is 8.00. The Bertz CT molecular complexity index is 780. The van der Waals surface area contributed by atoms with Crippen LogP contribution in [0.25, 0.3) is 0 Å². The lowest BCUT2D eigenvalue weighted by Gasteiger charge is -2.21. The van der Waals surface area contributed by atoms with Gasteiger partial charge >= 0.3 is 13.1 Å². The standard InChI is InChI=1S/C15H22F3O6PS2/c1-5-12-8-7-9-13(26-15(16,17)18)14(12)27(20,21)23-10-25(19,22-6-2)24-11(3)4/h7-9,11H,5-6,10H2,1-4H3. The van der Waals surface area contributed by atoms with E-state index in [0.717, 1.165) is 6.07 Å². The van der Waals surface area contributed by atoms with Gasteiger partial charge in [-0.25, -0.2) is 0 Å². The fourth-order valence-electron chi connectivity index (χ4n) is 2.14. The largest absolute Gasteiger partial charge is 0.446 e. The average molecular weight is 450 g/mol. The van der Waals surface area contributed by atoms with Crippen LogP contribution in [-0.4, -0.2) is 33.0 Å². The summed E-state index contributed by atoms with van der Waals surface area (Å²) in [5.41, 5.74) is -4.53. The number of thioether (sulfide) groups is 1. The van der Waals surface area contributed by atoms with Crippen molar-refractivity contribution >= 4 is 29.5 Å². The topological polar surface area (TPSA) is 78.9 Å². The molecular weight excluding hydrogens is 428 g/mol. The Kier molecular flexibility index (Phi) is 8.84. The van der Waals surface area contributed by atoms with Crippen LogP contribution in [0, 0.1) is 0 Å². The van der Waals surface area contributed by atoms with Crippen LogP contribution in [0.3, 0.4) is 0 Å². The zero-order valence-corrected chi connectivity index (χ0v) is 17.8. The van der Waals surface area contributed by atoms with E-state index in [1.54, 1.807) is 20.8 Å². The summed E-state index contributed by atoms with van der Waals surface area (Å²) in [6, 6.07) is 3.77. The van der Waals surface area contributed by atoms with Crippen molar-refractivity contribution in [1.29, 1.82) is 0 Å². The van der Waals surface area contributed by atoms with Crippen molar-refractivity contribution in [1.82, 2.24) is 0 Å². The third kappa shape index (κ3) is 7.75. The normalized spacial score (nSPS) is 15.1. The molecule has 0 radical (unpaired) electrons. The molecule has 27 heavy (non-hydrogen) atoms. The molecule has 0 spiro atoms. The highest BCUT2D eigenvalue weighted by Crippen LogP contribution is 2.50. The second-order valence-corrected chi connectivity index (χ2v) is 10.1. The number of aryl methyl sites for hydroxylation is 1. The predicted molar refractivity (Wildman–Crippen MR) is 96.3 cm³/mol. The Balaban J connectivity index is 3.25. The van der Waals surface area contributed by atoms with Gasteiger partial charge in [0.25, 0.3) is 10.1 Å². The van der Waals surface area contributed by atoms with Crippen LogP contribution in [-0.2, 0) is 34.3 Å². The van der Waals surface area contributed by atoms with Crippen LogP contribution in [0.2, 0.25) is 0 Å². The molecule has 0 fully saturated rings. The van der Waals surface area contributed by atoms with E-state index >= 15 is 0 Å². The molecule has 0 aliphatic carbocycles. The SMILES string of the molecule is CCOP(=O)(COS(=O)(=O)c1c(CC)cccc1SC(F)(F)F)OC(C)C. The van der Waals surface area contributed by atoms with Gasteiger partial charge in [0.05, 0.1) is 12.7 Å². The van der Waals surface area contributed by atoms with Crippen molar-refractivity contribution in [2.45, 2.75) is 55.5 Å². The maximum atomic E-state index is 12.8. The van der Waals surface area contributed by atoms with E-state index in [1.165, 1.54) is 19.1 Å². The molecule has 1 aromatic carbocycles. The first-order valence-electron chi connectivity index (χ1n) is 8.02. The summed E-state index contributed by atoms with van der Waals surface area (Å²) in [7, 11) is -8.55. The van der Waals surface area contributed by atoms with Gasteiger partial charge in [0, 0.05) is 4.90 Å². The lowest BCUT2D eigenvalue weighted by molar-refractivity contribution is -0.0329. The minimum absolute atomic E-state index is 0.0197. The van der Waals surface area contributed by atoms with Gasteiger partial charge in [0.15, 0.2) is 6.35 Å². The van der Waals surface area contributed by atoms with Gasteiger partial charge in [-0.3, -0.25) is 8.75 Å². The van der Waals surface area contributed by atoms with Crippen LogP contribution in [0.5, 0.6) is 0 Å². The van der Waals surface area contributed by atoms with Gasteiger partial charge < -0.3 is 9.05 Å². The van der Waals surface area contributed by atoms with Crippen LogP contribution >= 0.6 is 19.4 Å². The first-order chi connectivity index (χ1) is 12.3. The van der Waals surface area contributed by atoms with Gasteiger partial charge in [-0.1, -0.05) is 19.1 Å².